The normalized spacial score (nSPS) is 12.1. The molecule has 0 aromatic heterocycles. The number of unbranched alkanes of at least 4 members (excludes halogenated alkanes) is 2. The Labute approximate surface area is 102 Å². The Morgan fingerprint density at radius 2 is 2.18 bits per heavy atom. The van der Waals surface area contributed by atoms with Gasteiger partial charge in [-0.3, -0.25) is 4.39 Å². The average molecular weight is 234 g/mol. The van der Waals surface area contributed by atoms with Crippen LogP contribution in [0.4, 0.5) is 4.39 Å². The predicted molar refractivity (Wildman–Crippen MR) is 67.4 cm³/mol. The quantitative estimate of drug-likeness (QED) is 0.734. The maximum absolute atomic E-state index is 11.9. The minimum Gasteiger partial charge on any atom is -0.310 e. The monoisotopic (exact) mass is 234 g/mol. The lowest BCUT2D eigenvalue weighted by molar-refractivity contribution is 0.447. The van der Waals surface area contributed by atoms with Crippen LogP contribution in [0.5, 0.6) is 0 Å². The number of nitrogens with zero attached hydrogens (tertiary/aromatic N) is 1. The molecule has 0 spiro atoms. The largest absolute Gasteiger partial charge is 0.310 e. The van der Waals surface area contributed by atoms with Crippen molar-refractivity contribution in [2.75, 3.05) is 13.2 Å². The van der Waals surface area contributed by atoms with Crippen molar-refractivity contribution >= 4 is 0 Å². The Hall–Kier alpha value is -1.40. The smallest absolute Gasteiger partial charge is 0.0991 e. The molecule has 0 saturated carbocycles. The summed E-state index contributed by atoms with van der Waals surface area (Å²) in [5.41, 5.74) is 1.81. The summed E-state index contributed by atoms with van der Waals surface area (Å²) < 4.78 is 11.9. The van der Waals surface area contributed by atoms with Crippen molar-refractivity contribution in [3.63, 3.8) is 0 Å². The van der Waals surface area contributed by atoms with Crippen LogP contribution in [0.15, 0.2) is 24.3 Å². The highest BCUT2D eigenvalue weighted by Gasteiger charge is 2.04. The molecular formula is C14H19FN2. The Morgan fingerprint density at radius 3 is 2.88 bits per heavy atom. The van der Waals surface area contributed by atoms with Crippen molar-refractivity contribution in [3.05, 3.63) is 35.4 Å². The summed E-state index contributed by atoms with van der Waals surface area (Å²) >= 11 is 0. The van der Waals surface area contributed by atoms with Gasteiger partial charge in [-0.1, -0.05) is 12.1 Å². The number of benzene rings is 1. The fraction of sp³-hybridized carbons (Fsp3) is 0.500. The van der Waals surface area contributed by atoms with Crippen LogP contribution in [0.2, 0.25) is 0 Å². The minimum atomic E-state index is -0.222. The van der Waals surface area contributed by atoms with E-state index >= 15 is 0 Å². The SMILES string of the molecule is C[C@@H](NCCCCCF)c1cccc(C#N)c1. The summed E-state index contributed by atoms with van der Waals surface area (Å²) in [7, 11) is 0. The number of nitriles is 1. The molecule has 2 nitrogen and oxygen atoms in total. The third-order valence-corrected chi connectivity index (χ3v) is 2.78. The summed E-state index contributed by atoms with van der Waals surface area (Å²) in [4.78, 5) is 0. The fourth-order valence-electron chi connectivity index (χ4n) is 1.71. The molecule has 1 atom stereocenters. The topological polar surface area (TPSA) is 35.8 Å². The molecular weight excluding hydrogens is 215 g/mol. The number of nitrogens with one attached hydrogen (secondary N) is 1. The van der Waals surface area contributed by atoms with Crippen LogP contribution in [0.25, 0.3) is 0 Å². The van der Waals surface area contributed by atoms with Crippen molar-refractivity contribution in [1.29, 1.82) is 5.26 Å². The molecule has 3 heteroatoms. The number of alkyl halides is 1. The van der Waals surface area contributed by atoms with Gasteiger partial charge in [-0.25, -0.2) is 0 Å². The van der Waals surface area contributed by atoms with E-state index in [0.29, 0.717) is 12.0 Å². The molecule has 0 saturated heterocycles. The Balaban J connectivity index is 2.36. The van der Waals surface area contributed by atoms with E-state index in [9.17, 15) is 4.39 Å². The Kier molecular flexibility index (Phi) is 6.27. The number of halogens is 1. The molecule has 1 aromatic carbocycles. The summed E-state index contributed by atoms with van der Waals surface area (Å²) in [6, 6.07) is 9.98. The molecule has 0 unspecified atom stereocenters. The minimum absolute atomic E-state index is 0.222. The summed E-state index contributed by atoms with van der Waals surface area (Å²) in [5, 5.41) is 12.2. The van der Waals surface area contributed by atoms with Crippen molar-refractivity contribution in [1.82, 2.24) is 5.32 Å². The third kappa shape index (κ3) is 4.97. The van der Waals surface area contributed by atoms with Gasteiger partial charge in [0.25, 0.3) is 0 Å². The first kappa shape index (κ1) is 13.7. The lowest BCUT2D eigenvalue weighted by Gasteiger charge is -2.14. The standard InChI is InChI=1S/C14H19FN2/c1-12(17-9-4-2-3-8-15)14-7-5-6-13(10-14)11-16/h5-7,10,12,17H,2-4,8-9H2,1H3/t12-/m1/s1. The number of hydrogen-bond donors (Lipinski definition) is 1. The van der Waals surface area contributed by atoms with E-state index in [1.54, 1.807) is 6.07 Å². The fourth-order valence-corrected chi connectivity index (χ4v) is 1.71. The summed E-state index contributed by atoms with van der Waals surface area (Å²) in [6.45, 7) is 2.74. The van der Waals surface area contributed by atoms with E-state index in [0.717, 1.165) is 24.9 Å². The predicted octanol–water partition coefficient (Wildman–Crippen LogP) is 3.35. The van der Waals surface area contributed by atoms with Gasteiger partial charge in [-0.2, -0.15) is 5.26 Å². The first-order valence-corrected chi connectivity index (χ1v) is 6.07. The molecule has 0 fully saturated rings. The Morgan fingerprint density at radius 1 is 1.35 bits per heavy atom. The first-order valence-electron chi connectivity index (χ1n) is 6.07. The van der Waals surface area contributed by atoms with Crippen molar-refractivity contribution in [3.8, 4) is 6.07 Å². The molecule has 0 aliphatic rings. The zero-order valence-corrected chi connectivity index (χ0v) is 10.2. The van der Waals surface area contributed by atoms with Crippen LogP contribution in [0, 0.1) is 11.3 Å². The van der Waals surface area contributed by atoms with Gasteiger partial charge in [0.15, 0.2) is 0 Å². The van der Waals surface area contributed by atoms with Crippen molar-refractivity contribution in [2.24, 2.45) is 0 Å². The molecule has 0 radical (unpaired) electrons. The maximum Gasteiger partial charge on any atom is 0.0991 e. The van der Waals surface area contributed by atoms with Gasteiger partial charge < -0.3 is 5.32 Å². The van der Waals surface area contributed by atoms with Crippen LogP contribution >= 0.6 is 0 Å². The zero-order chi connectivity index (χ0) is 12.5. The second kappa shape index (κ2) is 7.81. The molecule has 1 aromatic rings. The molecule has 0 heterocycles. The van der Waals surface area contributed by atoms with E-state index < -0.39 is 0 Å². The molecule has 1 N–H and O–H groups in total. The zero-order valence-electron chi connectivity index (χ0n) is 10.2. The second-order valence-electron chi connectivity index (χ2n) is 4.16. The molecule has 17 heavy (non-hydrogen) atoms. The Bertz CT molecular complexity index is 371. The second-order valence-corrected chi connectivity index (χ2v) is 4.16. The average Bonchev–Trinajstić information content (AvgIpc) is 2.38. The lowest BCUT2D eigenvalue weighted by atomic mass is 10.1. The van der Waals surface area contributed by atoms with E-state index in [2.05, 4.69) is 18.3 Å². The van der Waals surface area contributed by atoms with E-state index in [4.69, 9.17) is 5.26 Å². The van der Waals surface area contributed by atoms with E-state index in [1.807, 2.05) is 18.2 Å². The van der Waals surface area contributed by atoms with Crippen LogP contribution in [-0.4, -0.2) is 13.2 Å². The van der Waals surface area contributed by atoms with Gasteiger partial charge >= 0.3 is 0 Å². The van der Waals surface area contributed by atoms with Crippen LogP contribution in [-0.2, 0) is 0 Å². The van der Waals surface area contributed by atoms with Gasteiger partial charge in [0, 0.05) is 6.04 Å². The van der Waals surface area contributed by atoms with Gasteiger partial charge in [0.05, 0.1) is 18.3 Å². The van der Waals surface area contributed by atoms with Crippen LogP contribution < -0.4 is 5.32 Å². The van der Waals surface area contributed by atoms with Crippen LogP contribution in [0.3, 0.4) is 0 Å². The molecule has 0 aliphatic heterocycles. The molecule has 0 bridgehead atoms. The molecule has 1 rings (SSSR count). The van der Waals surface area contributed by atoms with Gasteiger partial charge in [0.2, 0.25) is 0 Å². The van der Waals surface area contributed by atoms with E-state index in [1.165, 1.54) is 0 Å². The van der Waals surface area contributed by atoms with Gasteiger partial charge in [-0.05, 0) is 50.4 Å². The van der Waals surface area contributed by atoms with Gasteiger partial charge in [-0.15, -0.1) is 0 Å². The highest BCUT2D eigenvalue weighted by molar-refractivity contribution is 5.33. The van der Waals surface area contributed by atoms with Crippen molar-refractivity contribution in [2.45, 2.75) is 32.2 Å². The van der Waals surface area contributed by atoms with Crippen LogP contribution in [0.1, 0.15) is 43.4 Å². The highest BCUT2D eigenvalue weighted by Crippen LogP contribution is 2.13. The highest BCUT2D eigenvalue weighted by atomic mass is 19.1. The van der Waals surface area contributed by atoms with Gasteiger partial charge in [0.1, 0.15) is 0 Å². The number of hydrogen-bond acceptors (Lipinski definition) is 2. The third-order valence-electron chi connectivity index (χ3n) is 2.78. The molecule has 92 valence electrons. The first-order chi connectivity index (χ1) is 8.27. The molecule has 0 amide bonds. The lowest BCUT2D eigenvalue weighted by Crippen LogP contribution is -2.19. The maximum atomic E-state index is 11.9. The summed E-state index contributed by atoms with van der Waals surface area (Å²) in [6.07, 6.45) is 2.57. The van der Waals surface area contributed by atoms with E-state index in [-0.39, 0.29) is 12.7 Å². The molecule has 0 aliphatic carbocycles. The summed E-state index contributed by atoms with van der Waals surface area (Å²) in [5.74, 6) is 0. The van der Waals surface area contributed by atoms with Crippen molar-refractivity contribution < 1.29 is 4.39 Å². The number of rotatable bonds is 7.